The zero-order valence-electron chi connectivity index (χ0n) is 16.1. The molecule has 134 valence electrons. The highest BCUT2D eigenvalue weighted by Gasteiger charge is 2.19. The first-order valence-corrected chi connectivity index (χ1v) is 9.01. The molecule has 0 radical (unpaired) electrons. The smallest absolute Gasteiger partial charge is 0.512 e. The normalized spacial score (nSPS) is 11.5. The van der Waals surface area contributed by atoms with Gasteiger partial charge >= 0.3 is 7.32 Å². The summed E-state index contributed by atoms with van der Waals surface area (Å²) in [6, 6.07) is 12.2. The van der Waals surface area contributed by atoms with Crippen molar-refractivity contribution in [2.45, 2.75) is 59.3 Å². The van der Waals surface area contributed by atoms with Crippen molar-refractivity contribution in [3.05, 3.63) is 53.1 Å². The highest BCUT2D eigenvalue weighted by molar-refractivity contribution is 6.33. The van der Waals surface area contributed by atoms with Gasteiger partial charge in [0.1, 0.15) is 5.75 Å². The Morgan fingerprint density at radius 2 is 1.24 bits per heavy atom. The van der Waals surface area contributed by atoms with Crippen LogP contribution in [0.15, 0.2) is 36.4 Å². The van der Waals surface area contributed by atoms with Crippen LogP contribution < -0.4 is 4.65 Å². The maximum atomic E-state index is 8.94. The minimum atomic E-state index is -1.80. The Labute approximate surface area is 151 Å². The molecular weight excluding hydrogens is 311 g/mol. The van der Waals surface area contributed by atoms with E-state index in [2.05, 4.69) is 53.7 Å². The van der Waals surface area contributed by atoms with Crippen LogP contribution in [0.25, 0.3) is 11.1 Å². The van der Waals surface area contributed by atoms with Crippen molar-refractivity contribution in [2.24, 2.45) is 0 Å². The van der Waals surface area contributed by atoms with Crippen LogP contribution in [0.1, 0.15) is 76.0 Å². The first-order chi connectivity index (χ1) is 11.7. The molecule has 25 heavy (non-hydrogen) atoms. The minimum Gasteiger partial charge on any atom is -0.512 e. The van der Waals surface area contributed by atoms with Crippen LogP contribution >= 0.6 is 0 Å². The molecule has 0 heterocycles. The summed E-state index contributed by atoms with van der Waals surface area (Å²) >= 11 is 0. The van der Waals surface area contributed by atoms with Crippen molar-refractivity contribution >= 4 is 7.32 Å². The fraction of sp³-hybridized carbons (Fsp3) is 0.429. The van der Waals surface area contributed by atoms with Crippen molar-refractivity contribution in [3.8, 4) is 16.9 Å². The zero-order chi connectivity index (χ0) is 18.7. The molecule has 0 aliphatic rings. The second-order valence-corrected chi connectivity index (χ2v) is 7.51. The second kappa shape index (κ2) is 8.07. The van der Waals surface area contributed by atoms with Crippen LogP contribution in [0.3, 0.4) is 0 Å². The molecule has 3 nitrogen and oxygen atoms in total. The van der Waals surface area contributed by atoms with Crippen molar-refractivity contribution in [3.63, 3.8) is 0 Å². The number of benzene rings is 2. The lowest BCUT2D eigenvalue weighted by molar-refractivity contribution is 0.288. The molecule has 0 amide bonds. The molecule has 0 atom stereocenters. The van der Waals surface area contributed by atoms with E-state index in [0.29, 0.717) is 23.5 Å². The summed E-state index contributed by atoms with van der Waals surface area (Å²) in [4.78, 5) is 0. The first-order valence-electron chi connectivity index (χ1n) is 9.01. The lowest BCUT2D eigenvalue weighted by Gasteiger charge is -2.23. The largest absolute Gasteiger partial charge is 0.707 e. The second-order valence-electron chi connectivity index (χ2n) is 7.51. The average Bonchev–Trinajstić information content (AvgIpc) is 2.53. The Kier molecular flexibility index (Phi) is 6.31. The molecule has 0 fully saturated rings. The van der Waals surface area contributed by atoms with Crippen LogP contribution in [0.5, 0.6) is 5.75 Å². The molecule has 2 aromatic rings. The fourth-order valence-electron chi connectivity index (χ4n) is 3.11. The summed E-state index contributed by atoms with van der Waals surface area (Å²) < 4.78 is 4.92. The highest BCUT2D eigenvalue weighted by Crippen LogP contribution is 2.39. The summed E-state index contributed by atoms with van der Waals surface area (Å²) in [7, 11) is -1.80. The van der Waals surface area contributed by atoms with E-state index in [4.69, 9.17) is 14.7 Å². The van der Waals surface area contributed by atoms with Gasteiger partial charge < -0.3 is 14.7 Å². The summed E-state index contributed by atoms with van der Waals surface area (Å²) in [5, 5.41) is 17.9. The van der Waals surface area contributed by atoms with Gasteiger partial charge in [-0.3, -0.25) is 0 Å². The quantitative estimate of drug-likeness (QED) is 0.722. The predicted octanol–water partition coefficient (Wildman–Crippen LogP) is 5.07. The molecular formula is C21H29BO3. The molecule has 0 spiro atoms. The van der Waals surface area contributed by atoms with E-state index in [1.165, 1.54) is 22.3 Å². The molecule has 0 aromatic heterocycles. The van der Waals surface area contributed by atoms with E-state index in [9.17, 15) is 0 Å². The molecule has 0 saturated heterocycles. The van der Waals surface area contributed by atoms with E-state index >= 15 is 0 Å². The Bertz CT molecular complexity index is 675. The van der Waals surface area contributed by atoms with Crippen molar-refractivity contribution in [1.82, 2.24) is 0 Å². The lowest BCUT2D eigenvalue weighted by Crippen LogP contribution is -2.20. The third kappa shape index (κ3) is 4.65. The third-order valence-electron chi connectivity index (χ3n) is 4.52. The van der Waals surface area contributed by atoms with Crippen LogP contribution in [0, 0.1) is 0 Å². The van der Waals surface area contributed by atoms with E-state index in [1.807, 2.05) is 12.1 Å². The Morgan fingerprint density at radius 1 is 0.760 bits per heavy atom. The standard InChI is InChI=1S/C21H29BO3/c1-13(2)17-11-19(14(3)4)21(20(12-17)15(5)6)16-7-9-18(10-8-16)25-22(23)24/h7-15,23-24H,1-6H3. The topological polar surface area (TPSA) is 49.7 Å². The minimum absolute atomic E-state index is 0.418. The van der Waals surface area contributed by atoms with Crippen LogP contribution in [-0.4, -0.2) is 17.4 Å². The molecule has 0 bridgehead atoms. The molecule has 0 aliphatic heterocycles. The summed E-state index contributed by atoms with van der Waals surface area (Å²) in [6.45, 7) is 13.4. The van der Waals surface area contributed by atoms with Gasteiger partial charge in [-0.1, -0.05) is 65.8 Å². The maximum absolute atomic E-state index is 8.94. The highest BCUT2D eigenvalue weighted by atomic mass is 16.6. The van der Waals surface area contributed by atoms with E-state index in [0.717, 1.165) is 5.56 Å². The Hall–Kier alpha value is -1.78. The molecule has 0 saturated carbocycles. The molecule has 4 heteroatoms. The van der Waals surface area contributed by atoms with Crippen molar-refractivity contribution in [1.29, 1.82) is 0 Å². The van der Waals surface area contributed by atoms with Gasteiger partial charge in [0.05, 0.1) is 0 Å². The van der Waals surface area contributed by atoms with E-state index < -0.39 is 7.32 Å². The summed E-state index contributed by atoms with van der Waals surface area (Å²) in [5.74, 6) is 1.77. The molecule has 2 rings (SSSR count). The third-order valence-corrected chi connectivity index (χ3v) is 4.52. The Morgan fingerprint density at radius 3 is 1.60 bits per heavy atom. The van der Waals surface area contributed by atoms with Crippen LogP contribution in [0.2, 0.25) is 0 Å². The summed E-state index contributed by atoms with van der Waals surface area (Å²) in [6.07, 6.45) is 0. The number of hydrogen-bond acceptors (Lipinski definition) is 3. The first kappa shape index (κ1) is 19.5. The summed E-state index contributed by atoms with van der Waals surface area (Å²) in [5.41, 5.74) is 6.49. The molecule has 2 N–H and O–H groups in total. The van der Waals surface area contributed by atoms with Gasteiger partial charge in [-0.25, -0.2) is 0 Å². The molecule has 0 unspecified atom stereocenters. The van der Waals surface area contributed by atoms with Gasteiger partial charge in [-0.15, -0.1) is 0 Å². The van der Waals surface area contributed by atoms with Crippen molar-refractivity contribution in [2.75, 3.05) is 0 Å². The van der Waals surface area contributed by atoms with Crippen molar-refractivity contribution < 1.29 is 14.7 Å². The number of rotatable bonds is 6. The predicted molar refractivity (Wildman–Crippen MR) is 105 cm³/mol. The fourth-order valence-corrected chi connectivity index (χ4v) is 3.11. The maximum Gasteiger partial charge on any atom is 0.707 e. The van der Waals surface area contributed by atoms with Gasteiger partial charge in [0.25, 0.3) is 0 Å². The molecule has 2 aromatic carbocycles. The number of hydrogen-bond donors (Lipinski definition) is 2. The van der Waals surface area contributed by atoms with Gasteiger partial charge in [-0.05, 0) is 57.7 Å². The van der Waals surface area contributed by atoms with Crippen LogP contribution in [0.4, 0.5) is 0 Å². The van der Waals surface area contributed by atoms with E-state index in [1.54, 1.807) is 12.1 Å². The van der Waals surface area contributed by atoms with Gasteiger partial charge in [0.15, 0.2) is 0 Å². The Balaban J connectivity index is 2.61. The average molecular weight is 340 g/mol. The SMILES string of the molecule is CC(C)c1cc(C(C)C)c(-c2ccc(OB(O)O)cc2)c(C(C)C)c1. The van der Waals surface area contributed by atoms with Crippen LogP contribution in [-0.2, 0) is 0 Å². The van der Waals surface area contributed by atoms with Gasteiger partial charge in [0, 0.05) is 0 Å². The lowest BCUT2D eigenvalue weighted by atomic mass is 9.82. The zero-order valence-corrected chi connectivity index (χ0v) is 16.1. The van der Waals surface area contributed by atoms with Gasteiger partial charge in [-0.2, -0.15) is 0 Å². The van der Waals surface area contributed by atoms with Gasteiger partial charge in [0.2, 0.25) is 0 Å². The monoisotopic (exact) mass is 340 g/mol. The molecule has 0 aliphatic carbocycles. The van der Waals surface area contributed by atoms with E-state index in [-0.39, 0.29) is 0 Å².